The maximum absolute atomic E-state index is 10.7. The largest absolute Gasteiger partial charge is 0.476 e. The zero-order chi connectivity index (χ0) is 12.4. The fourth-order valence-corrected chi connectivity index (χ4v) is 1.71. The highest BCUT2D eigenvalue weighted by Gasteiger charge is 2.15. The number of halogens is 1. The minimum Gasteiger partial charge on any atom is -0.476 e. The van der Waals surface area contributed by atoms with E-state index in [1.165, 1.54) is 4.80 Å². The molecule has 0 amide bonds. The van der Waals surface area contributed by atoms with Crippen LogP contribution in [0.15, 0.2) is 24.3 Å². The van der Waals surface area contributed by atoms with Gasteiger partial charge in [-0.05, 0) is 12.5 Å². The van der Waals surface area contributed by atoms with Crippen LogP contribution in [0.2, 0.25) is 5.15 Å². The van der Waals surface area contributed by atoms with Gasteiger partial charge in [-0.15, -0.1) is 10.2 Å². The number of carboxylic acids is 1. The number of nitrogens with zero attached hydrogens (tertiary/aromatic N) is 3. The maximum Gasteiger partial charge on any atom is 0.359 e. The van der Waals surface area contributed by atoms with Crippen molar-refractivity contribution in [1.82, 2.24) is 15.0 Å². The van der Waals surface area contributed by atoms with Crippen molar-refractivity contribution in [2.75, 3.05) is 0 Å². The van der Waals surface area contributed by atoms with Crippen LogP contribution in [-0.2, 0) is 6.54 Å². The Hall–Kier alpha value is -1.88. The summed E-state index contributed by atoms with van der Waals surface area (Å²) in [4.78, 5) is 12.0. The highest BCUT2D eigenvalue weighted by Crippen LogP contribution is 2.11. The molecule has 0 aliphatic heterocycles. The average molecular weight is 252 g/mol. The van der Waals surface area contributed by atoms with Gasteiger partial charge in [0.1, 0.15) is 0 Å². The highest BCUT2D eigenvalue weighted by atomic mass is 35.5. The van der Waals surface area contributed by atoms with Gasteiger partial charge in [0.2, 0.25) is 5.69 Å². The normalized spacial score (nSPS) is 10.5. The Morgan fingerprint density at radius 2 is 2.24 bits per heavy atom. The zero-order valence-corrected chi connectivity index (χ0v) is 9.85. The summed E-state index contributed by atoms with van der Waals surface area (Å²) in [6.07, 6.45) is 0. The first-order valence-corrected chi connectivity index (χ1v) is 5.33. The van der Waals surface area contributed by atoms with E-state index in [1.807, 2.05) is 31.2 Å². The molecule has 0 radical (unpaired) electrons. The zero-order valence-electron chi connectivity index (χ0n) is 9.09. The Kier molecular flexibility index (Phi) is 3.10. The third kappa shape index (κ3) is 2.62. The molecule has 0 unspecified atom stereocenters. The quantitative estimate of drug-likeness (QED) is 0.906. The predicted octanol–water partition coefficient (Wildman–Crippen LogP) is 1.99. The lowest BCUT2D eigenvalue weighted by Crippen LogP contribution is -2.05. The molecule has 17 heavy (non-hydrogen) atoms. The lowest BCUT2D eigenvalue weighted by molar-refractivity contribution is 0.0689. The summed E-state index contributed by atoms with van der Waals surface area (Å²) in [5.41, 5.74) is 1.90. The Balaban J connectivity index is 2.25. The van der Waals surface area contributed by atoms with Gasteiger partial charge in [-0.2, -0.15) is 4.80 Å². The molecule has 5 nitrogen and oxygen atoms in total. The van der Waals surface area contributed by atoms with Gasteiger partial charge in [-0.1, -0.05) is 41.4 Å². The molecule has 2 aromatic rings. The van der Waals surface area contributed by atoms with Gasteiger partial charge in [-0.25, -0.2) is 4.79 Å². The molecule has 88 valence electrons. The second-order valence-corrected chi connectivity index (χ2v) is 4.02. The molecular weight excluding hydrogens is 242 g/mol. The van der Waals surface area contributed by atoms with Gasteiger partial charge in [0.05, 0.1) is 6.54 Å². The van der Waals surface area contributed by atoms with Crippen LogP contribution in [0.3, 0.4) is 0 Å². The molecule has 1 N–H and O–H groups in total. The summed E-state index contributed by atoms with van der Waals surface area (Å²) in [6, 6.07) is 7.81. The van der Waals surface area contributed by atoms with E-state index in [0.717, 1.165) is 11.1 Å². The van der Waals surface area contributed by atoms with Crippen molar-refractivity contribution in [3.63, 3.8) is 0 Å². The molecule has 1 aromatic carbocycles. The van der Waals surface area contributed by atoms with Crippen molar-refractivity contribution in [3.8, 4) is 0 Å². The molecule has 0 aliphatic carbocycles. The molecular formula is C11H10ClN3O2. The van der Waals surface area contributed by atoms with Crippen LogP contribution in [0.5, 0.6) is 0 Å². The van der Waals surface area contributed by atoms with Crippen LogP contribution >= 0.6 is 11.6 Å². The summed E-state index contributed by atoms with van der Waals surface area (Å²) in [7, 11) is 0. The van der Waals surface area contributed by atoms with E-state index in [4.69, 9.17) is 16.7 Å². The SMILES string of the molecule is Cc1cccc(Cn2nc(Cl)c(C(=O)O)n2)c1. The fraction of sp³-hybridized carbons (Fsp3) is 0.182. The van der Waals surface area contributed by atoms with Crippen LogP contribution in [-0.4, -0.2) is 26.1 Å². The third-order valence-electron chi connectivity index (χ3n) is 2.22. The van der Waals surface area contributed by atoms with Crippen molar-refractivity contribution < 1.29 is 9.90 Å². The monoisotopic (exact) mass is 251 g/mol. The second kappa shape index (κ2) is 4.55. The lowest BCUT2D eigenvalue weighted by Gasteiger charge is -2.01. The van der Waals surface area contributed by atoms with Crippen molar-refractivity contribution in [2.45, 2.75) is 13.5 Å². The van der Waals surface area contributed by atoms with Crippen LogP contribution in [0.4, 0.5) is 0 Å². The van der Waals surface area contributed by atoms with Gasteiger partial charge < -0.3 is 5.11 Å². The van der Waals surface area contributed by atoms with Crippen molar-refractivity contribution in [2.24, 2.45) is 0 Å². The van der Waals surface area contributed by atoms with Gasteiger partial charge in [-0.3, -0.25) is 0 Å². The lowest BCUT2D eigenvalue weighted by atomic mass is 10.1. The number of aromatic nitrogens is 3. The standard InChI is InChI=1S/C11H10ClN3O2/c1-7-3-2-4-8(5-7)6-15-13-9(11(16)17)10(12)14-15/h2-5H,6H2,1H3,(H,16,17). The third-order valence-corrected chi connectivity index (χ3v) is 2.48. The topological polar surface area (TPSA) is 68.0 Å². The van der Waals surface area contributed by atoms with Gasteiger partial charge in [0.15, 0.2) is 5.15 Å². The van der Waals surface area contributed by atoms with E-state index >= 15 is 0 Å². The summed E-state index contributed by atoms with van der Waals surface area (Å²) in [6.45, 7) is 2.38. The van der Waals surface area contributed by atoms with Crippen molar-refractivity contribution in [1.29, 1.82) is 0 Å². The van der Waals surface area contributed by atoms with Crippen LogP contribution in [0.25, 0.3) is 0 Å². The van der Waals surface area contributed by atoms with E-state index in [9.17, 15) is 4.79 Å². The Morgan fingerprint density at radius 3 is 2.82 bits per heavy atom. The number of carbonyl (C=O) groups is 1. The molecule has 0 saturated carbocycles. The molecule has 0 fully saturated rings. The summed E-state index contributed by atoms with van der Waals surface area (Å²) in [5.74, 6) is -1.18. The van der Waals surface area contributed by atoms with E-state index < -0.39 is 5.97 Å². The van der Waals surface area contributed by atoms with Gasteiger partial charge in [0.25, 0.3) is 0 Å². The number of aryl methyl sites for hydroxylation is 1. The number of carboxylic acid groups (broad SMARTS) is 1. The number of benzene rings is 1. The number of hydrogen-bond acceptors (Lipinski definition) is 3. The molecule has 0 spiro atoms. The molecule has 0 atom stereocenters. The molecule has 1 heterocycles. The molecule has 0 saturated heterocycles. The van der Waals surface area contributed by atoms with E-state index in [-0.39, 0.29) is 10.8 Å². The first-order chi connectivity index (χ1) is 8.06. The predicted molar refractivity (Wildman–Crippen MR) is 62.3 cm³/mol. The fourth-order valence-electron chi connectivity index (χ4n) is 1.50. The minimum absolute atomic E-state index is 0.0925. The first-order valence-electron chi connectivity index (χ1n) is 4.96. The molecule has 6 heteroatoms. The molecule has 1 aromatic heterocycles. The van der Waals surface area contributed by atoms with E-state index in [1.54, 1.807) is 0 Å². The van der Waals surface area contributed by atoms with Crippen molar-refractivity contribution in [3.05, 3.63) is 46.2 Å². The molecule has 0 aliphatic rings. The summed E-state index contributed by atoms with van der Waals surface area (Å²) in [5, 5.41) is 16.4. The Bertz CT molecular complexity index is 566. The summed E-state index contributed by atoms with van der Waals surface area (Å²) >= 11 is 5.66. The minimum atomic E-state index is -1.18. The van der Waals surface area contributed by atoms with Gasteiger partial charge in [0, 0.05) is 0 Å². The maximum atomic E-state index is 10.7. The van der Waals surface area contributed by atoms with Gasteiger partial charge >= 0.3 is 5.97 Å². The number of aromatic carboxylic acids is 1. The highest BCUT2D eigenvalue weighted by molar-refractivity contribution is 6.31. The van der Waals surface area contributed by atoms with Crippen LogP contribution < -0.4 is 0 Å². The van der Waals surface area contributed by atoms with Crippen LogP contribution in [0.1, 0.15) is 21.6 Å². The van der Waals surface area contributed by atoms with E-state index in [2.05, 4.69) is 10.2 Å². The second-order valence-electron chi connectivity index (χ2n) is 3.66. The number of rotatable bonds is 3. The van der Waals surface area contributed by atoms with Crippen LogP contribution in [0, 0.1) is 6.92 Å². The Morgan fingerprint density at radius 1 is 1.47 bits per heavy atom. The average Bonchev–Trinajstić information content (AvgIpc) is 2.59. The Labute approximate surface area is 103 Å². The summed E-state index contributed by atoms with van der Waals surface area (Å²) < 4.78 is 0. The molecule has 2 rings (SSSR count). The first kappa shape index (κ1) is 11.6. The van der Waals surface area contributed by atoms with Crippen molar-refractivity contribution >= 4 is 17.6 Å². The number of hydrogen-bond donors (Lipinski definition) is 1. The molecule has 0 bridgehead atoms. The smallest absolute Gasteiger partial charge is 0.359 e. The van der Waals surface area contributed by atoms with E-state index in [0.29, 0.717) is 6.54 Å².